The van der Waals surface area contributed by atoms with E-state index in [2.05, 4.69) is 15.7 Å². The van der Waals surface area contributed by atoms with E-state index in [1.807, 2.05) is 0 Å². The van der Waals surface area contributed by atoms with Crippen LogP contribution in [0.15, 0.2) is 53.3 Å². The molecule has 4 N–H and O–H groups in total. The molecule has 34 heavy (non-hydrogen) atoms. The van der Waals surface area contributed by atoms with Crippen molar-refractivity contribution in [2.75, 3.05) is 11.1 Å². The fraction of sp³-hybridized carbons (Fsp3) is 0.182. The Hall–Kier alpha value is -4.22. The average Bonchev–Trinajstić information content (AvgIpc) is 2.73. The van der Waals surface area contributed by atoms with Crippen LogP contribution in [-0.4, -0.2) is 21.6 Å². The van der Waals surface area contributed by atoms with Crippen molar-refractivity contribution in [1.82, 2.24) is 15.1 Å². The van der Waals surface area contributed by atoms with Gasteiger partial charge in [-0.3, -0.25) is 14.4 Å². The zero-order chi connectivity index (χ0) is 25.2. The molecule has 178 valence electrons. The summed E-state index contributed by atoms with van der Waals surface area (Å²) in [4.78, 5) is 37.0. The third kappa shape index (κ3) is 5.39. The summed E-state index contributed by atoms with van der Waals surface area (Å²) in [5.41, 5.74) is 2.72. The van der Waals surface area contributed by atoms with E-state index in [0.717, 1.165) is 31.2 Å². The highest BCUT2D eigenvalue weighted by Gasteiger charge is 2.31. The lowest BCUT2D eigenvalue weighted by Gasteiger charge is -2.18. The lowest BCUT2D eigenvalue weighted by Crippen LogP contribution is -2.33. The summed E-state index contributed by atoms with van der Waals surface area (Å²) in [6.07, 6.45) is -4.65. The van der Waals surface area contributed by atoms with Gasteiger partial charge in [0, 0.05) is 18.7 Å². The van der Waals surface area contributed by atoms with Gasteiger partial charge in [-0.1, -0.05) is 12.1 Å². The summed E-state index contributed by atoms with van der Waals surface area (Å²) >= 11 is 0. The quantitative estimate of drug-likeness (QED) is 0.384. The first-order chi connectivity index (χ1) is 15.9. The number of aromatic nitrogens is 2. The fourth-order valence-electron chi connectivity index (χ4n) is 3.14. The second kappa shape index (κ2) is 9.33. The van der Waals surface area contributed by atoms with Crippen LogP contribution in [0.25, 0.3) is 5.69 Å². The SMILES string of the molecule is CC(=O)Nc1cc(=O)n(-c2ccccc2F)nc1C(=O)N[C@H](C)c1cc(N)cc(C(F)(F)F)c1. The zero-order valence-electron chi connectivity index (χ0n) is 17.9. The van der Waals surface area contributed by atoms with Gasteiger partial charge in [-0.15, -0.1) is 0 Å². The molecule has 0 aliphatic heterocycles. The van der Waals surface area contributed by atoms with E-state index in [9.17, 15) is 31.9 Å². The molecule has 1 aromatic heterocycles. The Kier molecular flexibility index (Phi) is 6.70. The molecule has 0 unspecified atom stereocenters. The Labute approximate surface area is 190 Å². The van der Waals surface area contributed by atoms with Gasteiger partial charge in [-0.2, -0.15) is 23.0 Å². The summed E-state index contributed by atoms with van der Waals surface area (Å²) in [6.45, 7) is 2.55. The van der Waals surface area contributed by atoms with Crippen LogP contribution >= 0.6 is 0 Å². The number of anilines is 2. The van der Waals surface area contributed by atoms with Crippen molar-refractivity contribution in [3.8, 4) is 5.69 Å². The lowest BCUT2D eigenvalue weighted by molar-refractivity contribution is -0.137. The number of carbonyl (C=O) groups is 2. The number of nitrogens with one attached hydrogen (secondary N) is 2. The van der Waals surface area contributed by atoms with E-state index in [1.54, 1.807) is 0 Å². The first-order valence-corrected chi connectivity index (χ1v) is 9.82. The van der Waals surface area contributed by atoms with Crippen molar-refractivity contribution < 1.29 is 27.2 Å². The van der Waals surface area contributed by atoms with Gasteiger partial charge < -0.3 is 16.4 Å². The number of nitrogens with zero attached hydrogens (tertiary/aromatic N) is 2. The van der Waals surface area contributed by atoms with E-state index in [1.165, 1.54) is 31.2 Å². The summed E-state index contributed by atoms with van der Waals surface area (Å²) in [7, 11) is 0. The molecular weight excluding hydrogens is 458 g/mol. The molecule has 3 aromatic rings. The number of amides is 2. The first-order valence-electron chi connectivity index (χ1n) is 9.82. The average molecular weight is 477 g/mol. The molecule has 0 saturated heterocycles. The largest absolute Gasteiger partial charge is 0.416 e. The van der Waals surface area contributed by atoms with Crippen LogP contribution in [0, 0.1) is 5.82 Å². The van der Waals surface area contributed by atoms with Crippen molar-refractivity contribution in [1.29, 1.82) is 0 Å². The van der Waals surface area contributed by atoms with Crippen LogP contribution in [0.4, 0.5) is 28.9 Å². The van der Waals surface area contributed by atoms with Gasteiger partial charge in [-0.25, -0.2) is 4.39 Å². The number of carbonyl (C=O) groups excluding carboxylic acids is 2. The molecule has 0 bridgehead atoms. The first kappa shape index (κ1) is 24.4. The molecule has 0 spiro atoms. The lowest BCUT2D eigenvalue weighted by atomic mass is 10.0. The Balaban J connectivity index is 2.03. The number of benzene rings is 2. The third-order valence-corrected chi connectivity index (χ3v) is 4.69. The minimum absolute atomic E-state index is 0.0594. The standard InChI is InChI=1S/C22H19F4N5O3/c1-11(13-7-14(22(24,25)26)9-15(27)8-13)28-21(34)20-17(29-12(2)32)10-19(33)31(30-20)18-6-4-3-5-16(18)23/h3-11H,27H2,1-2H3,(H,28,34)(H,29,32)/t11-/m1/s1. The molecule has 2 amide bonds. The highest BCUT2D eigenvalue weighted by molar-refractivity contribution is 6.01. The maximum atomic E-state index is 14.2. The van der Waals surface area contributed by atoms with Gasteiger partial charge in [-0.05, 0) is 42.8 Å². The summed E-state index contributed by atoms with van der Waals surface area (Å²) < 4.78 is 54.3. The van der Waals surface area contributed by atoms with Crippen LogP contribution in [0.1, 0.15) is 41.5 Å². The normalized spacial score (nSPS) is 12.2. The van der Waals surface area contributed by atoms with Crippen LogP contribution < -0.4 is 21.9 Å². The van der Waals surface area contributed by atoms with Crippen LogP contribution in [0.3, 0.4) is 0 Å². The molecule has 8 nitrogen and oxygen atoms in total. The number of halogens is 4. The molecular formula is C22H19F4N5O3. The molecule has 0 aliphatic carbocycles. The van der Waals surface area contributed by atoms with Crippen LogP contribution in [-0.2, 0) is 11.0 Å². The van der Waals surface area contributed by atoms with Crippen molar-refractivity contribution in [2.45, 2.75) is 26.1 Å². The smallest absolute Gasteiger partial charge is 0.399 e. The number of nitrogen functional groups attached to an aromatic ring is 1. The van der Waals surface area contributed by atoms with Gasteiger partial charge in [0.05, 0.1) is 17.3 Å². The minimum Gasteiger partial charge on any atom is -0.399 e. The molecule has 0 radical (unpaired) electrons. The molecule has 2 aromatic carbocycles. The van der Waals surface area contributed by atoms with E-state index in [-0.39, 0.29) is 22.6 Å². The molecule has 3 rings (SSSR count). The Bertz CT molecular complexity index is 1320. The molecule has 1 heterocycles. The maximum absolute atomic E-state index is 14.2. The van der Waals surface area contributed by atoms with E-state index in [4.69, 9.17) is 5.73 Å². The number of hydrogen-bond donors (Lipinski definition) is 3. The Morgan fingerprint density at radius 2 is 1.79 bits per heavy atom. The number of alkyl halides is 3. The summed E-state index contributed by atoms with van der Waals surface area (Å²) in [5, 5.41) is 8.67. The minimum atomic E-state index is -4.65. The van der Waals surface area contributed by atoms with Crippen molar-refractivity contribution >= 4 is 23.2 Å². The fourth-order valence-corrected chi connectivity index (χ4v) is 3.14. The van der Waals surface area contributed by atoms with E-state index < -0.39 is 46.7 Å². The molecule has 12 heteroatoms. The van der Waals surface area contributed by atoms with Crippen molar-refractivity contribution in [3.63, 3.8) is 0 Å². The summed E-state index contributed by atoms with van der Waals surface area (Å²) in [6, 6.07) is 7.98. The van der Waals surface area contributed by atoms with Gasteiger partial charge >= 0.3 is 6.18 Å². The predicted octanol–water partition coefficient (Wildman–Crippen LogP) is 3.42. The second-order valence-corrected chi connectivity index (χ2v) is 7.37. The number of nitrogens with two attached hydrogens (primary N) is 1. The van der Waals surface area contributed by atoms with Gasteiger partial charge in [0.25, 0.3) is 11.5 Å². The topological polar surface area (TPSA) is 119 Å². The Morgan fingerprint density at radius 3 is 2.41 bits per heavy atom. The zero-order valence-corrected chi connectivity index (χ0v) is 17.9. The van der Waals surface area contributed by atoms with Gasteiger partial charge in [0.15, 0.2) is 5.69 Å². The number of rotatable bonds is 5. The van der Waals surface area contributed by atoms with Crippen molar-refractivity contribution in [3.05, 3.63) is 81.5 Å². The monoisotopic (exact) mass is 477 g/mol. The molecule has 0 fully saturated rings. The molecule has 0 saturated carbocycles. The van der Waals surface area contributed by atoms with Gasteiger partial charge in [0.2, 0.25) is 5.91 Å². The highest BCUT2D eigenvalue weighted by atomic mass is 19.4. The second-order valence-electron chi connectivity index (χ2n) is 7.37. The molecule has 1 atom stereocenters. The predicted molar refractivity (Wildman–Crippen MR) is 116 cm³/mol. The number of hydrogen-bond acceptors (Lipinski definition) is 5. The number of para-hydroxylation sites is 1. The summed E-state index contributed by atoms with van der Waals surface area (Å²) in [5.74, 6) is -2.33. The van der Waals surface area contributed by atoms with E-state index >= 15 is 0 Å². The van der Waals surface area contributed by atoms with Gasteiger partial charge in [0.1, 0.15) is 11.5 Å². The highest BCUT2D eigenvalue weighted by Crippen LogP contribution is 2.32. The van der Waals surface area contributed by atoms with Crippen LogP contribution in [0.5, 0.6) is 0 Å². The van der Waals surface area contributed by atoms with Crippen molar-refractivity contribution in [2.24, 2.45) is 0 Å². The Morgan fingerprint density at radius 1 is 1.12 bits per heavy atom. The van der Waals surface area contributed by atoms with Crippen LogP contribution in [0.2, 0.25) is 0 Å². The molecule has 0 aliphatic rings. The maximum Gasteiger partial charge on any atom is 0.416 e. The third-order valence-electron chi connectivity index (χ3n) is 4.69. The van der Waals surface area contributed by atoms with E-state index in [0.29, 0.717) is 4.68 Å².